The molecule has 1 saturated carbocycles. The van der Waals surface area contributed by atoms with Crippen LogP contribution in [0.3, 0.4) is 0 Å². The Morgan fingerprint density at radius 3 is 2.55 bits per heavy atom. The lowest BCUT2D eigenvalue weighted by atomic mass is 9.81. The van der Waals surface area contributed by atoms with E-state index in [-0.39, 0.29) is 0 Å². The average Bonchev–Trinajstić information content (AvgIpc) is 3.16. The normalized spacial score (nSPS) is 20.4. The summed E-state index contributed by atoms with van der Waals surface area (Å²) in [7, 11) is 0. The number of rotatable bonds is 5. The van der Waals surface area contributed by atoms with E-state index in [4.69, 9.17) is 21.3 Å². The van der Waals surface area contributed by atoms with Gasteiger partial charge in [0, 0.05) is 16.7 Å². The molecular weight excluding hydrogens is 378 g/mol. The van der Waals surface area contributed by atoms with Crippen molar-refractivity contribution in [2.45, 2.75) is 38.7 Å². The summed E-state index contributed by atoms with van der Waals surface area (Å²) in [5, 5.41) is 0.783. The monoisotopic (exact) mass is 401 g/mol. The zero-order chi connectivity index (χ0) is 19.6. The highest BCUT2D eigenvalue weighted by Crippen LogP contribution is 2.43. The topological polar surface area (TPSA) is 21.6 Å². The van der Waals surface area contributed by atoms with Gasteiger partial charge in [0.2, 0.25) is 0 Å². The van der Waals surface area contributed by atoms with Gasteiger partial charge >= 0.3 is 0 Å². The maximum absolute atomic E-state index is 6.24. The highest BCUT2D eigenvalue weighted by molar-refractivity contribution is 6.30. The Bertz CT molecular complexity index is 1030. The second kappa shape index (κ2) is 8.04. The van der Waals surface area contributed by atoms with Crippen LogP contribution in [0.2, 0.25) is 5.02 Å². The summed E-state index contributed by atoms with van der Waals surface area (Å²) in [5.74, 6) is 1.25. The SMILES string of the molecule is Clc1ccc(CC2C=CC(OCc3ccccc3)=C3N=C4CCCCC4=C32)cc1. The van der Waals surface area contributed by atoms with Crippen molar-refractivity contribution in [2.75, 3.05) is 0 Å². The summed E-state index contributed by atoms with van der Waals surface area (Å²) in [6, 6.07) is 18.5. The van der Waals surface area contributed by atoms with Crippen molar-refractivity contribution >= 4 is 17.3 Å². The number of ether oxygens (including phenoxy) is 1. The maximum Gasteiger partial charge on any atom is 0.145 e. The van der Waals surface area contributed by atoms with Crippen LogP contribution in [0.4, 0.5) is 0 Å². The largest absolute Gasteiger partial charge is 0.487 e. The van der Waals surface area contributed by atoms with Gasteiger partial charge in [-0.05, 0) is 72.6 Å². The zero-order valence-electron chi connectivity index (χ0n) is 16.4. The lowest BCUT2D eigenvalue weighted by Crippen LogP contribution is -2.15. The van der Waals surface area contributed by atoms with E-state index >= 15 is 0 Å². The molecule has 0 amide bonds. The van der Waals surface area contributed by atoms with Crippen LogP contribution in [0.25, 0.3) is 0 Å². The molecule has 2 aromatic carbocycles. The van der Waals surface area contributed by atoms with E-state index in [1.165, 1.54) is 40.8 Å². The van der Waals surface area contributed by atoms with Crippen molar-refractivity contribution < 1.29 is 4.74 Å². The van der Waals surface area contributed by atoms with Gasteiger partial charge in [0.15, 0.2) is 0 Å². The van der Waals surface area contributed by atoms with Crippen molar-refractivity contribution in [3.63, 3.8) is 0 Å². The number of hydrogen-bond acceptors (Lipinski definition) is 2. The minimum Gasteiger partial charge on any atom is -0.487 e. The third-order valence-corrected chi connectivity index (χ3v) is 6.21. The van der Waals surface area contributed by atoms with Crippen LogP contribution in [-0.2, 0) is 17.8 Å². The number of halogens is 1. The molecule has 2 aliphatic carbocycles. The van der Waals surface area contributed by atoms with Crippen molar-refractivity contribution in [2.24, 2.45) is 10.9 Å². The van der Waals surface area contributed by atoms with Gasteiger partial charge in [-0.1, -0.05) is 60.1 Å². The summed E-state index contributed by atoms with van der Waals surface area (Å²) in [6.07, 6.45) is 10.1. The fourth-order valence-electron chi connectivity index (χ4n) is 4.50. The van der Waals surface area contributed by atoms with Crippen LogP contribution in [-0.4, -0.2) is 5.71 Å². The maximum atomic E-state index is 6.24. The van der Waals surface area contributed by atoms with E-state index in [0.717, 1.165) is 35.7 Å². The van der Waals surface area contributed by atoms with E-state index in [1.54, 1.807) is 0 Å². The lowest BCUT2D eigenvalue weighted by molar-refractivity contribution is 0.206. The molecule has 1 atom stereocenters. The Balaban J connectivity index is 1.45. The van der Waals surface area contributed by atoms with Crippen molar-refractivity contribution in [1.29, 1.82) is 0 Å². The molecule has 2 aromatic rings. The van der Waals surface area contributed by atoms with Gasteiger partial charge in [-0.25, -0.2) is 4.99 Å². The molecule has 0 bridgehead atoms. The highest BCUT2D eigenvalue weighted by Gasteiger charge is 2.34. The molecule has 1 fully saturated rings. The first kappa shape index (κ1) is 18.4. The van der Waals surface area contributed by atoms with Crippen molar-refractivity contribution in [3.05, 3.63) is 106 Å². The molecular formula is C26H24ClNO. The molecule has 0 N–H and O–H groups in total. The molecule has 146 valence electrons. The van der Waals surface area contributed by atoms with Crippen molar-refractivity contribution in [1.82, 2.24) is 0 Å². The minimum atomic E-state index is 0.338. The molecule has 5 rings (SSSR count). The van der Waals surface area contributed by atoms with Crippen LogP contribution in [0, 0.1) is 5.92 Å². The molecule has 0 radical (unpaired) electrons. The summed E-state index contributed by atoms with van der Waals surface area (Å²) >= 11 is 6.07. The Morgan fingerprint density at radius 1 is 0.931 bits per heavy atom. The minimum absolute atomic E-state index is 0.338. The first-order valence-corrected chi connectivity index (χ1v) is 10.8. The molecule has 1 heterocycles. The van der Waals surface area contributed by atoms with Crippen LogP contribution < -0.4 is 0 Å². The van der Waals surface area contributed by atoms with Crippen molar-refractivity contribution in [3.8, 4) is 0 Å². The Morgan fingerprint density at radius 2 is 1.72 bits per heavy atom. The number of allylic oxidation sites excluding steroid dienone is 4. The molecule has 2 nitrogen and oxygen atoms in total. The van der Waals surface area contributed by atoms with E-state index in [1.807, 2.05) is 30.3 Å². The fourth-order valence-corrected chi connectivity index (χ4v) is 4.63. The predicted molar refractivity (Wildman–Crippen MR) is 119 cm³/mol. The number of aliphatic imine (C=N–C) groups is 1. The van der Waals surface area contributed by atoms with Crippen LogP contribution in [0.5, 0.6) is 0 Å². The number of benzene rings is 2. The lowest BCUT2D eigenvalue weighted by Gasteiger charge is -2.24. The smallest absolute Gasteiger partial charge is 0.145 e. The third kappa shape index (κ3) is 3.82. The van der Waals surface area contributed by atoms with E-state index in [0.29, 0.717) is 12.5 Å². The number of fused-ring (bicyclic) bond motifs is 2. The van der Waals surface area contributed by atoms with Gasteiger partial charge in [0.25, 0.3) is 0 Å². The Kier molecular flexibility index (Phi) is 5.12. The van der Waals surface area contributed by atoms with Gasteiger partial charge < -0.3 is 4.74 Å². The average molecular weight is 402 g/mol. The third-order valence-electron chi connectivity index (χ3n) is 5.96. The Labute approximate surface area is 177 Å². The van der Waals surface area contributed by atoms with Crippen LogP contribution in [0.15, 0.2) is 94.3 Å². The van der Waals surface area contributed by atoms with Gasteiger partial charge in [-0.3, -0.25) is 0 Å². The second-order valence-corrected chi connectivity index (χ2v) is 8.38. The van der Waals surface area contributed by atoms with Gasteiger partial charge in [-0.15, -0.1) is 0 Å². The Hall–Kier alpha value is -2.58. The number of nitrogens with zero attached hydrogens (tertiary/aromatic N) is 1. The molecule has 3 heteroatoms. The summed E-state index contributed by atoms with van der Waals surface area (Å²) in [4.78, 5) is 5.06. The van der Waals surface area contributed by atoms with E-state index in [2.05, 4.69) is 36.4 Å². The van der Waals surface area contributed by atoms with E-state index < -0.39 is 0 Å². The molecule has 0 saturated heterocycles. The van der Waals surface area contributed by atoms with Crippen LogP contribution in [0.1, 0.15) is 36.8 Å². The standard InChI is InChI=1S/C26H24ClNO/c27-21-13-10-18(11-14-21)16-20-12-15-24(29-17-19-6-2-1-3-7-19)26-25(20)22-8-4-5-9-23(22)28-26/h1-3,6-7,10-15,20H,4-5,8-9,16-17H2. The summed E-state index contributed by atoms with van der Waals surface area (Å²) in [6.45, 7) is 0.569. The highest BCUT2D eigenvalue weighted by atomic mass is 35.5. The zero-order valence-corrected chi connectivity index (χ0v) is 17.2. The van der Waals surface area contributed by atoms with Gasteiger partial charge in [0.05, 0.1) is 0 Å². The first-order chi connectivity index (χ1) is 14.3. The number of hydrogen-bond donors (Lipinski definition) is 0. The fraction of sp³-hybridized carbons (Fsp3) is 0.269. The molecule has 3 aliphatic rings. The molecule has 1 unspecified atom stereocenters. The van der Waals surface area contributed by atoms with Crippen LogP contribution >= 0.6 is 11.6 Å². The summed E-state index contributed by atoms with van der Waals surface area (Å²) in [5.41, 5.74) is 7.68. The first-order valence-electron chi connectivity index (χ1n) is 10.4. The summed E-state index contributed by atoms with van der Waals surface area (Å²) < 4.78 is 6.24. The molecule has 1 aliphatic heterocycles. The molecule has 0 spiro atoms. The quantitative estimate of drug-likeness (QED) is 0.538. The second-order valence-electron chi connectivity index (χ2n) is 7.94. The van der Waals surface area contributed by atoms with Gasteiger partial charge in [0.1, 0.15) is 18.1 Å². The molecule has 0 aromatic heterocycles. The van der Waals surface area contributed by atoms with E-state index in [9.17, 15) is 0 Å². The molecule has 29 heavy (non-hydrogen) atoms. The predicted octanol–water partition coefficient (Wildman–Crippen LogP) is 6.82. The van der Waals surface area contributed by atoms with Gasteiger partial charge in [-0.2, -0.15) is 0 Å².